The maximum atomic E-state index is 13.1. The van der Waals surface area contributed by atoms with E-state index in [1.54, 1.807) is 48.5 Å². The number of nitrogens with zero attached hydrogens (tertiary/aromatic N) is 2. The van der Waals surface area contributed by atoms with Crippen molar-refractivity contribution in [2.45, 2.75) is 33.2 Å². The van der Waals surface area contributed by atoms with Crippen LogP contribution in [0.3, 0.4) is 0 Å². The SMILES string of the molecule is CCCCn1nc(C(=O)Nc2ccc(Oc3ccc(OCC)cc3)cc2)c2ccccc2c1=O. The summed E-state index contributed by atoms with van der Waals surface area (Å²) < 4.78 is 12.7. The number of carbonyl (C=O) groups is 1. The van der Waals surface area contributed by atoms with E-state index in [1.807, 2.05) is 38.1 Å². The van der Waals surface area contributed by atoms with Crippen LogP contribution < -0.4 is 20.3 Å². The summed E-state index contributed by atoms with van der Waals surface area (Å²) >= 11 is 0. The van der Waals surface area contributed by atoms with Gasteiger partial charge in [-0.1, -0.05) is 31.5 Å². The minimum Gasteiger partial charge on any atom is -0.494 e. The summed E-state index contributed by atoms with van der Waals surface area (Å²) in [5.74, 6) is 1.74. The third kappa shape index (κ3) is 5.26. The van der Waals surface area contributed by atoms with Gasteiger partial charge >= 0.3 is 0 Å². The molecule has 4 aromatic rings. The number of aryl methyl sites for hydroxylation is 1. The van der Waals surface area contributed by atoms with Crippen LogP contribution in [0.15, 0.2) is 77.6 Å². The minimum atomic E-state index is -0.373. The molecule has 174 valence electrons. The van der Waals surface area contributed by atoms with Gasteiger partial charge in [0.05, 0.1) is 12.0 Å². The average molecular weight is 458 g/mol. The van der Waals surface area contributed by atoms with Crippen molar-refractivity contribution in [3.63, 3.8) is 0 Å². The Bertz CT molecular complexity index is 1330. The van der Waals surface area contributed by atoms with Crippen molar-refractivity contribution in [1.82, 2.24) is 9.78 Å². The number of carbonyl (C=O) groups excluding carboxylic acids is 1. The molecule has 0 atom stereocenters. The van der Waals surface area contributed by atoms with Gasteiger partial charge in [0.25, 0.3) is 11.5 Å². The molecule has 34 heavy (non-hydrogen) atoms. The summed E-state index contributed by atoms with van der Waals surface area (Å²) in [4.78, 5) is 25.8. The number of fused-ring (bicyclic) bond motifs is 1. The first kappa shape index (κ1) is 23.0. The van der Waals surface area contributed by atoms with Crippen LogP contribution in [0.1, 0.15) is 37.2 Å². The van der Waals surface area contributed by atoms with Crippen LogP contribution in [0.4, 0.5) is 5.69 Å². The Hall–Kier alpha value is -4.13. The monoisotopic (exact) mass is 457 g/mol. The zero-order chi connectivity index (χ0) is 23.9. The van der Waals surface area contributed by atoms with Crippen molar-refractivity contribution in [2.75, 3.05) is 11.9 Å². The van der Waals surface area contributed by atoms with Gasteiger partial charge in [0.1, 0.15) is 17.2 Å². The van der Waals surface area contributed by atoms with E-state index in [0.717, 1.165) is 18.6 Å². The number of ether oxygens (including phenoxy) is 2. The predicted octanol–water partition coefficient (Wildman–Crippen LogP) is 5.64. The molecular formula is C27H27N3O4. The molecule has 1 amide bonds. The molecule has 0 aliphatic rings. The van der Waals surface area contributed by atoms with Crippen LogP contribution in [0.25, 0.3) is 10.8 Å². The van der Waals surface area contributed by atoms with E-state index < -0.39 is 0 Å². The van der Waals surface area contributed by atoms with E-state index in [2.05, 4.69) is 10.4 Å². The number of hydrogen-bond acceptors (Lipinski definition) is 5. The molecule has 1 heterocycles. The summed E-state index contributed by atoms with van der Waals surface area (Å²) in [6, 6.07) is 21.5. The zero-order valence-corrected chi connectivity index (χ0v) is 19.3. The Morgan fingerprint density at radius 2 is 1.50 bits per heavy atom. The number of amides is 1. The summed E-state index contributed by atoms with van der Waals surface area (Å²) in [6.07, 6.45) is 1.73. The fraction of sp³-hybridized carbons (Fsp3) is 0.222. The highest BCUT2D eigenvalue weighted by Crippen LogP contribution is 2.25. The average Bonchev–Trinajstić information content (AvgIpc) is 2.86. The number of anilines is 1. The third-order valence-electron chi connectivity index (χ3n) is 5.29. The highest BCUT2D eigenvalue weighted by molar-refractivity contribution is 6.11. The second-order valence-electron chi connectivity index (χ2n) is 7.76. The van der Waals surface area contributed by atoms with Crippen LogP contribution in [0.5, 0.6) is 17.2 Å². The lowest BCUT2D eigenvalue weighted by atomic mass is 10.1. The van der Waals surface area contributed by atoms with Gasteiger partial charge in [-0.3, -0.25) is 9.59 Å². The molecule has 1 N–H and O–H groups in total. The van der Waals surface area contributed by atoms with Gasteiger partial charge in [-0.15, -0.1) is 0 Å². The predicted molar refractivity (Wildman–Crippen MR) is 133 cm³/mol. The van der Waals surface area contributed by atoms with Gasteiger partial charge in [0.15, 0.2) is 5.69 Å². The molecule has 4 rings (SSSR count). The lowest BCUT2D eigenvalue weighted by Crippen LogP contribution is -2.27. The molecule has 0 unspecified atom stereocenters. The van der Waals surface area contributed by atoms with E-state index in [1.165, 1.54) is 4.68 Å². The van der Waals surface area contributed by atoms with Crippen molar-refractivity contribution in [3.05, 3.63) is 88.8 Å². The van der Waals surface area contributed by atoms with Crippen molar-refractivity contribution in [3.8, 4) is 17.2 Å². The van der Waals surface area contributed by atoms with Crippen LogP contribution in [-0.4, -0.2) is 22.3 Å². The Morgan fingerprint density at radius 1 is 0.882 bits per heavy atom. The van der Waals surface area contributed by atoms with Crippen molar-refractivity contribution >= 4 is 22.4 Å². The summed E-state index contributed by atoms with van der Waals surface area (Å²) in [7, 11) is 0. The number of hydrogen-bond donors (Lipinski definition) is 1. The number of aromatic nitrogens is 2. The summed E-state index contributed by atoms with van der Waals surface area (Å²) in [6.45, 7) is 5.06. The Labute approximate surface area is 197 Å². The molecule has 0 radical (unpaired) electrons. The Kier molecular flexibility index (Phi) is 7.22. The fourth-order valence-corrected chi connectivity index (χ4v) is 3.57. The molecular weight excluding hydrogens is 430 g/mol. The normalized spacial score (nSPS) is 10.8. The molecule has 0 saturated heterocycles. The quantitative estimate of drug-likeness (QED) is 0.352. The molecule has 3 aromatic carbocycles. The van der Waals surface area contributed by atoms with Gasteiger partial charge in [-0.25, -0.2) is 4.68 Å². The number of benzene rings is 3. The van der Waals surface area contributed by atoms with Crippen LogP contribution in [0, 0.1) is 0 Å². The van der Waals surface area contributed by atoms with Gasteiger partial charge in [0, 0.05) is 17.6 Å². The fourth-order valence-electron chi connectivity index (χ4n) is 3.57. The lowest BCUT2D eigenvalue weighted by Gasteiger charge is -2.12. The first-order valence-electron chi connectivity index (χ1n) is 11.4. The van der Waals surface area contributed by atoms with Gasteiger partial charge in [0.2, 0.25) is 0 Å². The van der Waals surface area contributed by atoms with Gasteiger partial charge in [-0.2, -0.15) is 5.10 Å². The summed E-state index contributed by atoms with van der Waals surface area (Å²) in [5.41, 5.74) is 0.638. The molecule has 0 fully saturated rings. The van der Waals surface area contributed by atoms with E-state index in [-0.39, 0.29) is 17.2 Å². The molecule has 1 aromatic heterocycles. The molecule has 0 bridgehead atoms. The summed E-state index contributed by atoms with van der Waals surface area (Å²) in [5, 5.41) is 8.28. The van der Waals surface area contributed by atoms with Gasteiger partial charge < -0.3 is 14.8 Å². The van der Waals surface area contributed by atoms with Gasteiger partial charge in [-0.05, 0) is 67.9 Å². The van der Waals surface area contributed by atoms with Crippen LogP contribution >= 0.6 is 0 Å². The second-order valence-corrected chi connectivity index (χ2v) is 7.76. The molecule has 7 heteroatoms. The number of nitrogens with one attached hydrogen (secondary N) is 1. The largest absolute Gasteiger partial charge is 0.494 e. The smallest absolute Gasteiger partial charge is 0.276 e. The molecule has 0 saturated carbocycles. The third-order valence-corrected chi connectivity index (χ3v) is 5.29. The number of rotatable bonds is 9. The lowest BCUT2D eigenvalue weighted by molar-refractivity contribution is 0.102. The maximum Gasteiger partial charge on any atom is 0.276 e. The molecule has 7 nitrogen and oxygen atoms in total. The zero-order valence-electron chi connectivity index (χ0n) is 19.3. The van der Waals surface area contributed by atoms with E-state index in [4.69, 9.17) is 9.47 Å². The second kappa shape index (κ2) is 10.7. The van der Waals surface area contributed by atoms with Crippen molar-refractivity contribution < 1.29 is 14.3 Å². The van der Waals surface area contributed by atoms with Crippen molar-refractivity contribution in [2.24, 2.45) is 0 Å². The highest BCUT2D eigenvalue weighted by Gasteiger charge is 2.17. The molecule has 0 aliphatic carbocycles. The van der Waals surface area contributed by atoms with Crippen LogP contribution in [0.2, 0.25) is 0 Å². The van der Waals surface area contributed by atoms with E-state index in [9.17, 15) is 9.59 Å². The Balaban J connectivity index is 1.51. The van der Waals surface area contributed by atoms with E-state index in [0.29, 0.717) is 41.1 Å². The Morgan fingerprint density at radius 3 is 2.15 bits per heavy atom. The highest BCUT2D eigenvalue weighted by atomic mass is 16.5. The minimum absolute atomic E-state index is 0.184. The molecule has 0 spiro atoms. The number of unbranched alkanes of at least 4 members (excludes halogenated alkanes) is 1. The first-order chi connectivity index (χ1) is 16.6. The molecule has 0 aliphatic heterocycles. The van der Waals surface area contributed by atoms with Crippen LogP contribution in [-0.2, 0) is 6.54 Å². The first-order valence-corrected chi connectivity index (χ1v) is 11.4. The standard InChI is InChI=1S/C27H27N3O4/c1-3-5-18-30-27(32)24-9-7-6-8-23(24)25(29-30)26(31)28-19-10-12-21(13-11-19)34-22-16-14-20(15-17-22)33-4-2/h6-17H,3-5,18H2,1-2H3,(H,28,31). The van der Waals surface area contributed by atoms with E-state index >= 15 is 0 Å². The topological polar surface area (TPSA) is 82.5 Å². The van der Waals surface area contributed by atoms with Crippen molar-refractivity contribution in [1.29, 1.82) is 0 Å². The maximum absolute atomic E-state index is 13.1.